The van der Waals surface area contributed by atoms with Gasteiger partial charge >= 0.3 is 6.18 Å². The molecule has 1 unspecified atom stereocenters. The van der Waals surface area contributed by atoms with E-state index >= 15 is 0 Å². The van der Waals surface area contributed by atoms with E-state index in [2.05, 4.69) is 0 Å². The number of hydrogen-bond donors (Lipinski definition) is 1. The summed E-state index contributed by atoms with van der Waals surface area (Å²) in [6.45, 7) is 0. The van der Waals surface area contributed by atoms with E-state index in [1.165, 1.54) is 12.1 Å². The number of aliphatic hydroxyl groups is 1. The summed E-state index contributed by atoms with van der Waals surface area (Å²) in [6, 6.07) is 5.38. The first-order valence-electron chi connectivity index (χ1n) is 6.81. The Morgan fingerprint density at radius 3 is 2.53 bits per heavy atom. The van der Waals surface area contributed by atoms with Crippen molar-refractivity contribution in [3.63, 3.8) is 0 Å². The molecule has 1 aromatic carbocycles. The summed E-state index contributed by atoms with van der Waals surface area (Å²) in [7, 11) is 0. The van der Waals surface area contributed by atoms with Crippen LogP contribution in [-0.2, 0) is 12.6 Å². The molecule has 0 saturated heterocycles. The molecule has 1 atom stereocenters. The van der Waals surface area contributed by atoms with Gasteiger partial charge in [-0.15, -0.1) is 0 Å². The molecule has 0 amide bonds. The smallest absolute Gasteiger partial charge is 0.393 e. The van der Waals surface area contributed by atoms with Crippen molar-refractivity contribution < 1.29 is 18.3 Å². The van der Waals surface area contributed by atoms with Crippen LogP contribution in [0, 0.1) is 5.92 Å². The fraction of sp³-hybridized carbons (Fsp3) is 0.600. The van der Waals surface area contributed by atoms with Gasteiger partial charge in [0.05, 0.1) is 11.7 Å². The molecule has 1 fully saturated rings. The third-order valence-corrected chi connectivity index (χ3v) is 3.93. The fourth-order valence-electron chi connectivity index (χ4n) is 2.80. The van der Waals surface area contributed by atoms with E-state index in [9.17, 15) is 18.3 Å². The third kappa shape index (κ3) is 3.96. The zero-order valence-electron chi connectivity index (χ0n) is 10.8. The van der Waals surface area contributed by atoms with E-state index in [1.54, 1.807) is 6.07 Å². The van der Waals surface area contributed by atoms with Gasteiger partial charge in [-0.1, -0.05) is 31.0 Å². The molecule has 1 saturated carbocycles. The lowest BCUT2D eigenvalue weighted by atomic mass is 9.95. The molecule has 0 aromatic heterocycles. The summed E-state index contributed by atoms with van der Waals surface area (Å²) in [4.78, 5) is 0. The Bertz CT molecular complexity index is 408. The summed E-state index contributed by atoms with van der Waals surface area (Å²) in [6.07, 6.45) is 0.787. The summed E-state index contributed by atoms with van der Waals surface area (Å²) in [5, 5.41) is 10.0. The van der Waals surface area contributed by atoms with Crippen LogP contribution in [0.25, 0.3) is 0 Å². The lowest BCUT2D eigenvalue weighted by molar-refractivity contribution is -0.137. The molecule has 0 spiro atoms. The third-order valence-electron chi connectivity index (χ3n) is 3.93. The summed E-state index contributed by atoms with van der Waals surface area (Å²) < 4.78 is 37.7. The maximum Gasteiger partial charge on any atom is 0.416 e. The van der Waals surface area contributed by atoms with Crippen molar-refractivity contribution in [1.82, 2.24) is 0 Å². The highest BCUT2D eigenvalue weighted by molar-refractivity contribution is 5.25. The van der Waals surface area contributed by atoms with Crippen LogP contribution in [0.3, 0.4) is 0 Å². The Hall–Kier alpha value is -1.03. The van der Waals surface area contributed by atoms with Crippen LogP contribution in [0.4, 0.5) is 13.2 Å². The predicted octanol–water partition coefficient (Wildman–Crippen LogP) is 4.19. The van der Waals surface area contributed by atoms with Gasteiger partial charge in [0.25, 0.3) is 0 Å². The first-order chi connectivity index (χ1) is 8.97. The van der Waals surface area contributed by atoms with E-state index in [0.717, 1.165) is 31.7 Å². The minimum absolute atomic E-state index is 0.339. The topological polar surface area (TPSA) is 20.2 Å². The van der Waals surface area contributed by atoms with Crippen LogP contribution >= 0.6 is 0 Å². The van der Waals surface area contributed by atoms with Gasteiger partial charge in [0, 0.05) is 0 Å². The number of aryl methyl sites for hydroxylation is 1. The summed E-state index contributed by atoms with van der Waals surface area (Å²) >= 11 is 0. The molecule has 1 nitrogen and oxygen atoms in total. The van der Waals surface area contributed by atoms with Crippen molar-refractivity contribution in [3.05, 3.63) is 35.4 Å². The lowest BCUT2D eigenvalue weighted by Crippen LogP contribution is -2.18. The van der Waals surface area contributed by atoms with E-state index in [-0.39, 0.29) is 6.10 Å². The van der Waals surface area contributed by atoms with Crippen molar-refractivity contribution in [1.29, 1.82) is 0 Å². The first-order valence-corrected chi connectivity index (χ1v) is 6.81. The Labute approximate surface area is 111 Å². The predicted molar refractivity (Wildman–Crippen MR) is 67.7 cm³/mol. The average Bonchev–Trinajstić information content (AvgIpc) is 2.89. The molecule has 4 heteroatoms. The number of benzene rings is 1. The standard InChI is InChI=1S/C15H19F3O/c16-15(17,18)13-7-3-4-11(10-13)8-9-14(19)12-5-1-2-6-12/h3-4,7,10,12,14,19H,1-2,5-6,8-9H2. The van der Waals surface area contributed by atoms with Crippen LogP contribution < -0.4 is 0 Å². The number of rotatable bonds is 4. The molecule has 1 aromatic rings. The normalized spacial score (nSPS) is 18.7. The Kier molecular flexibility index (Phi) is 4.50. The van der Waals surface area contributed by atoms with Gasteiger partial charge in [0.1, 0.15) is 0 Å². The van der Waals surface area contributed by atoms with Crippen LogP contribution in [-0.4, -0.2) is 11.2 Å². The second-order valence-corrected chi connectivity index (χ2v) is 5.35. The van der Waals surface area contributed by atoms with E-state index in [4.69, 9.17) is 0 Å². The van der Waals surface area contributed by atoms with Crippen molar-refractivity contribution in [2.45, 2.75) is 50.8 Å². The van der Waals surface area contributed by atoms with Crippen molar-refractivity contribution in [3.8, 4) is 0 Å². The second kappa shape index (κ2) is 5.95. The molecule has 19 heavy (non-hydrogen) atoms. The highest BCUT2D eigenvalue weighted by Gasteiger charge is 2.30. The van der Waals surface area contributed by atoms with Gasteiger partial charge in [-0.05, 0) is 43.2 Å². The average molecular weight is 272 g/mol. The van der Waals surface area contributed by atoms with Crippen LogP contribution in [0.5, 0.6) is 0 Å². The zero-order valence-corrected chi connectivity index (χ0v) is 10.8. The molecular formula is C15H19F3O. The highest BCUT2D eigenvalue weighted by atomic mass is 19.4. The minimum Gasteiger partial charge on any atom is -0.393 e. The molecular weight excluding hydrogens is 253 g/mol. The number of hydrogen-bond acceptors (Lipinski definition) is 1. The zero-order chi connectivity index (χ0) is 13.9. The van der Waals surface area contributed by atoms with Gasteiger partial charge in [-0.25, -0.2) is 0 Å². The van der Waals surface area contributed by atoms with Crippen LogP contribution in [0.2, 0.25) is 0 Å². The largest absolute Gasteiger partial charge is 0.416 e. The molecule has 0 heterocycles. The first kappa shape index (κ1) is 14.4. The van der Waals surface area contributed by atoms with E-state index in [1.807, 2.05) is 0 Å². The van der Waals surface area contributed by atoms with E-state index in [0.29, 0.717) is 24.3 Å². The minimum atomic E-state index is -4.29. The van der Waals surface area contributed by atoms with E-state index < -0.39 is 11.7 Å². The maximum atomic E-state index is 12.6. The van der Waals surface area contributed by atoms with Gasteiger partial charge in [0.2, 0.25) is 0 Å². The summed E-state index contributed by atoms with van der Waals surface area (Å²) in [5.41, 5.74) is 0.0345. The van der Waals surface area contributed by atoms with Gasteiger partial charge < -0.3 is 5.11 Å². The molecule has 1 aliphatic rings. The Balaban J connectivity index is 1.92. The number of halogens is 3. The molecule has 1 aliphatic carbocycles. The van der Waals surface area contributed by atoms with Gasteiger partial charge in [0.15, 0.2) is 0 Å². The lowest BCUT2D eigenvalue weighted by Gasteiger charge is -2.17. The van der Waals surface area contributed by atoms with Crippen molar-refractivity contribution >= 4 is 0 Å². The fourth-order valence-corrected chi connectivity index (χ4v) is 2.80. The highest BCUT2D eigenvalue weighted by Crippen LogP contribution is 2.31. The maximum absolute atomic E-state index is 12.6. The molecule has 0 bridgehead atoms. The van der Waals surface area contributed by atoms with Gasteiger partial charge in [-0.2, -0.15) is 13.2 Å². The van der Waals surface area contributed by atoms with Crippen molar-refractivity contribution in [2.75, 3.05) is 0 Å². The Morgan fingerprint density at radius 1 is 1.21 bits per heavy atom. The van der Waals surface area contributed by atoms with Crippen molar-refractivity contribution in [2.24, 2.45) is 5.92 Å². The molecule has 0 aliphatic heterocycles. The monoisotopic (exact) mass is 272 g/mol. The van der Waals surface area contributed by atoms with Crippen LogP contribution in [0.1, 0.15) is 43.2 Å². The quantitative estimate of drug-likeness (QED) is 0.871. The second-order valence-electron chi connectivity index (χ2n) is 5.35. The van der Waals surface area contributed by atoms with Crippen LogP contribution in [0.15, 0.2) is 24.3 Å². The summed E-state index contributed by atoms with van der Waals surface area (Å²) in [5.74, 6) is 0.339. The molecule has 0 radical (unpaired) electrons. The SMILES string of the molecule is OC(CCc1cccc(C(F)(F)F)c1)C1CCCC1. The molecule has 1 N–H and O–H groups in total. The Morgan fingerprint density at radius 2 is 1.89 bits per heavy atom. The molecule has 2 rings (SSSR count). The van der Waals surface area contributed by atoms with Gasteiger partial charge in [-0.3, -0.25) is 0 Å². The number of aliphatic hydroxyl groups excluding tert-OH is 1. The number of alkyl halides is 3. The molecule has 106 valence electrons.